The van der Waals surface area contributed by atoms with Gasteiger partial charge in [-0.2, -0.15) is 5.10 Å². The van der Waals surface area contributed by atoms with Crippen LogP contribution in [0.3, 0.4) is 0 Å². The van der Waals surface area contributed by atoms with Gasteiger partial charge in [0.05, 0.1) is 20.4 Å². The van der Waals surface area contributed by atoms with E-state index in [4.69, 9.17) is 9.47 Å². The molecule has 1 aliphatic heterocycles. The van der Waals surface area contributed by atoms with Crippen LogP contribution in [0.4, 0.5) is 0 Å². The third-order valence-corrected chi connectivity index (χ3v) is 5.50. The lowest BCUT2D eigenvalue weighted by Gasteiger charge is -2.32. The van der Waals surface area contributed by atoms with Crippen LogP contribution in [0, 0.1) is 12.8 Å². The zero-order valence-corrected chi connectivity index (χ0v) is 17.2. The second-order valence-corrected chi connectivity index (χ2v) is 7.43. The Hall–Kier alpha value is -2.54. The van der Waals surface area contributed by atoms with Gasteiger partial charge in [-0.15, -0.1) is 0 Å². The number of hydrogen-bond donors (Lipinski definition) is 1. The summed E-state index contributed by atoms with van der Waals surface area (Å²) in [7, 11) is 5.13. The van der Waals surface area contributed by atoms with Gasteiger partial charge >= 0.3 is 0 Å². The van der Waals surface area contributed by atoms with Crippen molar-refractivity contribution in [3.63, 3.8) is 0 Å². The highest BCUT2D eigenvalue weighted by molar-refractivity contribution is 5.95. The number of carbonyl (C=O) groups excluding carboxylic acids is 1. The molecule has 1 aromatic carbocycles. The Balaban J connectivity index is 1.55. The van der Waals surface area contributed by atoms with E-state index in [2.05, 4.69) is 22.2 Å². The van der Waals surface area contributed by atoms with E-state index < -0.39 is 0 Å². The molecule has 0 radical (unpaired) electrons. The molecule has 3 rings (SSSR count). The SMILES string of the molecule is COc1cc(OC)cc(C(=O)NC[C@H]2CCCN(Cc3cnn(C)c3C)C2)c1. The predicted octanol–water partition coefficient (Wildman–Crippen LogP) is 2.39. The zero-order valence-electron chi connectivity index (χ0n) is 17.2. The number of aryl methyl sites for hydroxylation is 1. The van der Waals surface area contributed by atoms with Crippen molar-refractivity contribution < 1.29 is 14.3 Å². The summed E-state index contributed by atoms with van der Waals surface area (Å²) in [5, 5.41) is 7.41. The third kappa shape index (κ3) is 4.84. The summed E-state index contributed by atoms with van der Waals surface area (Å²) in [6.45, 7) is 5.76. The standard InChI is InChI=1S/C21H30N4O3/c1-15-18(12-23-24(15)2)14-25-7-5-6-16(13-25)11-22-21(26)17-8-19(27-3)10-20(9-17)28-4/h8-10,12,16H,5-7,11,13-14H2,1-4H3,(H,22,26)/t16-/m1/s1. The summed E-state index contributed by atoms with van der Waals surface area (Å²) >= 11 is 0. The number of ether oxygens (including phenoxy) is 2. The second-order valence-electron chi connectivity index (χ2n) is 7.43. The number of benzene rings is 1. The van der Waals surface area contributed by atoms with Gasteiger partial charge in [0, 0.05) is 49.6 Å². The van der Waals surface area contributed by atoms with E-state index in [-0.39, 0.29) is 5.91 Å². The van der Waals surface area contributed by atoms with Crippen molar-refractivity contribution in [1.82, 2.24) is 20.0 Å². The van der Waals surface area contributed by atoms with Crippen LogP contribution >= 0.6 is 0 Å². The number of nitrogens with one attached hydrogen (secondary N) is 1. The van der Waals surface area contributed by atoms with Crippen molar-refractivity contribution in [3.8, 4) is 11.5 Å². The minimum atomic E-state index is -0.0996. The van der Waals surface area contributed by atoms with Crippen LogP contribution in [-0.2, 0) is 13.6 Å². The summed E-state index contributed by atoms with van der Waals surface area (Å²) in [6.07, 6.45) is 4.23. The van der Waals surface area contributed by atoms with Gasteiger partial charge in [-0.1, -0.05) is 0 Å². The number of aromatic nitrogens is 2. The average Bonchev–Trinajstić information content (AvgIpc) is 3.03. The molecule has 1 amide bonds. The first kappa shape index (κ1) is 20.2. The molecule has 1 aromatic heterocycles. The van der Waals surface area contributed by atoms with E-state index in [0.717, 1.165) is 32.5 Å². The quantitative estimate of drug-likeness (QED) is 0.791. The minimum Gasteiger partial charge on any atom is -0.497 e. The molecular weight excluding hydrogens is 356 g/mol. The molecule has 2 aromatic rings. The van der Waals surface area contributed by atoms with Gasteiger partial charge in [0.15, 0.2) is 0 Å². The molecule has 1 N–H and O–H groups in total. The molecule has 7 heteroatoms. The highest BCUT2D eigenvalue weighted by atomic mass is 16.5. The van der Waals surface area contributed by atoms with Crippen LogP contribution in [-0.4, -0.2) is 54.4 Å². The first-order chi connectivity index (χ1) is 13.5. The number of nitrogens with zero attached hydrogens (tertiary/aromatic N) is 3. The maximum atomic E-state index is 12.6. The molecule has 152 valence electrons. The first-order valence-corrected chi connectivity index (χ1v) is 9.71. The summed E-state index contributed by atoms with van der Waals surface area (Å²) in [5.74, 6) is 1.57. The number of carbonyl (C=O) groups is 1. The van der Waals surface area contributed by atoms with Crippen molar-refractivity contribution >= 4 is 5.91 Å². The normalized spacial score (nSPS) is 17.4. The van der Waals surface area contributed by atoms with Crippen LogP contribution < -0.4 is 14.8 Å². The third-order valence-electron chi connectivity index (χ3n) is 5.50. The van der Waals surface area contributed by atoms with Gasteiger partial charge in [-0.25, -0.2) is 0 Å². The van der Waals surface area contributed by atoms with E-state index >= 15 is 0 Å². The molecule has 7 nitrogen and oxygen atoms in total. The van der Waals surface area contributed by atoms with Gasteiger partial charge < -0.3 is 14.8 Å². The van der Waals surface area contributed by atoms with Gasteiger partial charge in [0.2, 0.25) is 0 Å². The summed E-state index contributed by atoms with van der Waals surface area (Å²) in [4.78, 5) is 15.1. The number of likely N-dealkylation sites (tertiary alicyclic amines) is 1. The average molecular weight is 386 g/mol. The lowest BCUT2D eigenvalue weighted by molar-refractivity contribution is 0.0930. The van der Waals surface area contributed by atoms with Crippen LogP contribution in [0.2, 0.25) is 0 Å². The lowest BCUT2D eigenvalue weighted by Crippen LogP contribution is -2.40. The molecule has 0 saturated carbocycles. The minimum absolute atomic E-state index is 0.0996. The summed E-state index contributed by atoms with van der Waals surface area (Å²) < 4.78 is 12.4. The maximum absolute atomic E-state index is 12.6. The lowest BCUT2D eigenvalue weighted by atomic mass is 9.97. The number of amides is 1. The number of hydrogen-bond acceptors (Lipinski definition) is 5. The Bertz CT molecular complexity index is 796. The molecule has 1 fully saturated rings. The van der Waals surface area contributed by atoms with Gasteiger partial charge in [0.1, 0.15) is 11.5 Å². The molecule has 2 heterocycles. The van der Waals surface area contributed by atoms with Crippen LogP contribution in [0.15, 0.2) is 24.4 Å². The second kappa shape index (κ2) is 9.10. The van der Waals surface area contributed by atoms with E-state index in [0.29, 0.717) is 29.5 Å². The molecule has 0 bridgehead atoms. The maximum Gasteiger partial charge on any atom is 0.251 e. The van der Waals surface area contributed by atoms with E-state index in [1.807, 2.05) is 17.9 Å². The van der Waals surface area contributed by atoms with Gasteiger partial charge in [-0.3, -0.25) is 14.4 Å². The van der Waals surface area contributed by atoms with Crippen LogP contribution in [0.25, 0.3) is 0 Å². The topological polar surface area (TPSA) is 68.6 Å². The summed E-state index contributed by atoms with van der Waals surface area (Å²) in [6, 6.07) is 5.22. The van der Waals surface area contributed by atoms with Crippen molar-refractivity contribution in [3.05, 3.63) is 41.2 Å². The fourth-order valence-electron chi connectivity index (χ4n) is 3.68. The Morgan fingerprint density at radius 3 is 2.57 bits per heavy atom. The van der Waals surface area contributed by atoms with Crippen LogP contribution in [0.1, 0.15) is 34.5 Å². The van der Waals surface area contributed by atoms with Crippen molar-refractivity contribution in [1.29, 1.82) is 0 Å². The molecule has 1 aliphatic rings. The monoisotopic (exact) mass is 386 g/mol. The highest BCUT2D eigenvalue weighted by Crippen LogP contribution is 2.23. The van der Waals surface area contributed by atoms with Gasteiger partial charge in [0.25, 0.3) is 5.91 Å². The predicted molar refractivity (Wildman–Crippen MR) is 108 cm³/mol. The van der Waals surface area contributed by atoms with Gasteiger partial charge in [-0.05, 0) is 44.4 Å². The number of piperidine rings is 1. The Kier molecular flexibility index (Phi) is 6.57. The molecule has 1 atom stereocenters. The largest absolute Gasteiger partial charge is 0.497 e. The van der Waals surface area contributed by atoms with Crippen molar-refractivity contribution in [2.45, 2.75) is 26.3 Å². The van der Waals surface area contributed by atoms with E-state index in [1.54, 1.807) is 32.4 Å². The molecular formula is C21H30N4O3. The van der Waals surface area contributed by atoms with Crippen molar-refractivity contribution in [2.75, 3.05) is 33.9 Å². The van der Waals surface area contributed by atoms with Crippen molar-refractivity contribution in [2.24, 2.45) is 13.0 Å². The van der Waals surface area contributed by atoms with E-state index in [9.17, 15) is 4.79 Å². The fraction of sp³-hybridized carbons (Fsp3) is 0.524. The fourth-order valence-corrected chi connectivity index (χ4v) is 3.68. The molecule has 0 unspecified atom stereocenters. The molecule has 0 spiro atoms. The first-order valence-electron chi connectivity index (χ1n) is 9.71. The zero-order chi connectivity index (χ0) is 20.1. The summed E-state index contributed by atoms with van der Waals surface area (Å²) in [5.41, 5.74) is 3.04. The molecule has 0 aliphatic carbocycles. The molecule has 28 heavy (non-hydrogen) atoms. The number of methoxy groups -OCH3 is 2. The number of rotatable bonds is 7. The molecule has 1 saturated heterocycles. The smallest absolute Gasteiger partial charge is 0.251 e. The Labute approximate surface area is 166 Å². The highest BCUT2D eigenvalue weighted by Gasteiger charge is 2.22. The van der Waals surface area contributed by atoms with E-state index in [1.165, 1.54) is 11.3 Å². The van der Waals surface area contributed by atoms with Crippen LogP contribution in [0.5, 0.6) is 11.5 Å². The Morgan fingerprint density at radius 1 is 1.25 bits per heavy atom. The Morgan fingerprint density at radius 2 is 1.96 bits per heavy atom.